The number of carbonyl (C=O) groups excluding carboxylic acids is 1. The van der Waals surface area contributed by atoms with Gasteiger partial charge in [-0.15, -0.1) is 0 Å². The standard InChI is InChI=1S/C12H12Br2N2O/c1-7(2)11(6-15)16-12(17)8-3-9(13)5-10(14)4-8/h3-5,7,11H,1-2H3,(H,16,17). The lowest BCUT2D eigenvalue weighted by molar-refractivity contribution is 0.0937. The number of nitriles is 1. The summed E-state index contributed by atoms with van der Waals surface area (Å²) in [5.41, 5.74) is 0.521. The Labute approximate surface area is 117 Å². The van der Waals surface area contributed by atoms with Crippen molar-refractivity contribution in [3.63, 3.8) is 0 Å². The van der Waals surface area contributed by atoms with Gasteiger partial charge in [0.05, 0.1) is 6.07 Å². The van der Waals surface area contributed by atoms with Crippen molar-refractivity contribution in [2.45, 2.75) is 19.9 Å². The van der Waals surface area contributed by atoms with E-state index in [9.17, 15) is 4.79 Å². The Balaban J connectivity index is 2.87. The fourth-order valence-electron chi connectivity index (χ4n) is 1.26. The molecule has 1 aromatic carbocycles. The van der Waals surface area contributed by atoms with Crippen LogP contribution in [0.25, 0.3) is 0 Å². The molecule has 0 fully saturated rings. The predicted molar refractivity (Wildman–Crippen MR) is 73.5 cm³/mol. The summed E-state index contributed by atoms with van der Waals surface area (Å²) in [4.78, 5) is 11.9. The first-order valence-corrected chi connectivity index (χ1v) is 6.69. The second-order valence-corrected chi connectivity index (χ2v) is 5.81. The lowest BCUT2D eigenvalue weighted by Crippen LogP contribution is -2.37. The summed E-state index contributed by atoms with van der Waals surface area (Å²) in [6.07, 6.45) is 0. The minimum atomic E-state index is -0.472. The van der Waals surface area contributed by atoms with Gasteiger partial charge in [-0.1, -0.05) is 45.7 Å². The van der Waals surface area contributed by atoms with Crippen molar-refractivity contribution in [3.05, 3.63) is 32.7 Å². The van der Waals surface area contributed by atoms with Gasteiger partial charge >= 0.3 is 0 Å². The predicted octanol–water partition coefficient (Wildman–Crippen LogP) is 3.49. The van der Waals surface area contributed by atoms with E-state index in [1.807, 2.05) is 19.9 Å². The largest absolute Gasteiger partial charge is 0.336 e. The molecule has 0 aliphatic rings. The molecule has 0 aliphatic carbocycles. The van der Waals surface area contributed by atoms with Crippen molar-refractivity contribution in [3.8, 4) is 6.07 Å². The van der Waals surface area contributed by atoms with E-state index >= 15 is 0 Å². The van der Waals surface area contributed by atoms with Gasteiger partial charge in [-0.25, -0.2) is 0 Å². The minimum Gasteiger partial charge on any atom is -0.336 e. The first-order chi connectivity index (χ1) is 7.93. The van der Waals surface area contributed by atoms with Gasteiger partial charge in [0.2, 0.25) is 0 Å². The van der Waals surface area contributed by atoms with Crippen molar-refractivity contribution in [1.29, 1.82) is 5.26 Å². The van der Waals surface area contributed by atoms with Gasteiger partial charge in [0, 0.05) is 14.5 Å². The molecule has 0 saturated carbocycles. The molecule has 0 bridgehead atoms. The zero-order valence-corrected chi connectivity index (χ0v) is 12.7. The minimum absolute atomic E-state index is 0.0829. The number of halogens is 2. The Morgan fingerprint density at radius 3 is 2.24 bits per heavy atom. The van der Waals surface area contributed by atoms with Crippen LogP contribution in [0.3, 0.4) is 0 Å². The highest BCUT2D eigenvalue weighted by Gasteiger charge is 2.16. The van der Waals surface area contributed by atoms with Crippen LogP contribution in [0.1, 0.15) is 24.2 Å². The molecule has 3 nitrogen and oxygen atoms in total. The Morgan fingerprint density at radius 1 is 1.29 bits per heavy atom. The third-order valence-corrected chi connectivity index (χ3v) is 3.13. The van der Waals surface area contributed by atoms with E-state index in [1.54, 1.807) is 12.1 Å². The Morgan fingerprint density at radius 2 is 1.82 bits per heavy atom. The molecule has 1 unspecified atom stereocenters. The van der Waals surface area contributed by atoms with Crippen LogP contribution >= 0.6 is 31.9 Å². The van der Waals surface area contributed by atoms with E-state index in [2.05, 4.69) is 43.2 Å². The SMILES string of the molecule is CC(C)C(C#N)NC(=O)c1cc(Br)cc(Br)c1. The summed E-state index contributed by atoms with van der Waals surface area (Å²) < 4.78 is 1.63. The van der Waals surface area contributed by atoms with E-state index in [0.717, 1.165) is 8.95 Å². The van der Waals surface area contributed by atoms with Crippen LogP contribution in [0.5, 0.6) is 0 Å². The van der Waals surface area contributed by atoms with Gasteiger partial charge in [0.15, 0.2) is 0 Å². The third-order valence-electron chi connectivity index (χ3n) is 2.22. The maximum atomic E-state index is 11.9. The molecule has 0 heterocycles. The van der Waals surface area contributed by atoms with E-state index in [4.69, 9.17) is 5.26 Å². The van der Waals surface area contributed by atoms with E-state index in [0.29, 0.717) is 5.56 Å². The highest BCUT2D eigenvalue weighted by molar-refractivity contribution is 9.11. The van der Waals surface area contributed by atoms with Crippen LogP contribution in [0.15, 0.2) is 27.1 Å². The van der Waals surface area contributed by atoms with Gasteiger partial charge in [0.1, 0.15) is 6.04 Å². The molecular formula is C12H12Br2N2O. The number of hydrogen-bond acceptors (Lipinski definition) is 2. The molecule has 0 aliphatic heterocycles. The maximum absolute atomic E-state index is 11.9. The smallest absolute Gasteiger partial charge is 0.252 e. The molecular weight excluding hydrogens is 348 g/mol. The molecule has 5 heteroatoms. The first kappa shape index (κ1) is 14.2. The van der Waals surface area contributed by atoms with E-state index in [-0.39, 0.29) is 11.8 Å². The highest BCUT2D eigenvalue weighted by Crippen LogP contribution is 2.20. The first-order valence-electron chi connectivity index (χ1n) is 5.10. The average Bonchev–Trinajstić information content (AvgIpc) is 2.23. The molecule has 90 valence electrons. The van der Waals surface area contributed by atoms with Crippen molar-refractivity contribution >= 4 is 37.8 Å². The lowest BCUT2D eigenvalue weighted by Gasteiger charge is -2.15. The van der Waals surface area contributed by atoms with Crippen molar-refractivity contribution in [2.24, 2.45) is 5.92 Å². The van der Waals surface area contributed by atoms with Crippen LogP contribution in [0.4, 0.5) is 0 Å². The highest BCUT2D eigenvalue weighted by atomic mass is 79.9. The Hall–Kier alpha value is -0.860. The molecule has 17 heavy (non-hydrogen) atoms. The summed E-state index contributed by atoms with van der Waals surface area (Å²) in [6.45, 7) is 3.79. The second-order valence-electron chi connectivity index (χ2n) is 3.98. The number of hydrogen-bond donors (Lipinski definition) is 1. The molecule has 0 spiro atoms. The van der Waals surface area contributed by atoms with Crippen LogP contribution in [-0.2, 0) is 0 Å². The molecule has 1 atom stereocenters. The summed E-state index contributed by atoms with van der Waals surface area (Å²) >= 11 is 6.64. The molecule has 1 N–H and O–H groups in total. The third kappa shape index (κ3) is 4.14. The Bertz CT molecular complexity index is 446. The van der Waals surface area contributed by atoms with Gasteiger partial charge in [-0.3, -0.25) is 4.79 Å². The van der Waals surface area contributed by atoms with Crippen LogP contribution in [-0.4, -0.2) is 11.9 Å². The van der Waals surface area contributed by atoms with Gasteiger partial charge in [-0.05, 0) is 24.1 Å². The van der Waals surface area contributed by atoms with Crippen LogP contribution < -0.4 is 5.32 Å². The average molecular weight is 360 g/mol. The Kier molecular flexibility index (Phi) is 5.16. The lowest BCUT2D eigenvalue weighted by atomic mass is 10.1. The van der Waals surface area contributed by atoms with Crippen molar-refractivity contribution < 1.29 is 4.79 Å². The summed E-state index contributed by atoms with van der Waals surface area (Å²) in [7, 11) is 0. The zero-order chi connectivity index (χ0) is 13.0. The van der Waals surface area contributed by atoms with Gasteiger partial charge < -0.3 is 5.32 Å². The van der Waals surface area contributed by atoms with Gasteiger partial charge in [0.25, 0.3) is 5.91 Å². The zero-order valence-electron chi connectivity index (χ0n) is 9.50. The number of carbonyl (C=O) groups is 1. The molecule has 0 saturated heterocycles. The fraction of sp³-hybridized carbons (Fsp3) is 0.333. The summed E-state index contributed by atoms with van der Waals surface area (Å²) in [5.74, 6) is -0.160. The van der Waals surface area contributed by atoms with Crippen molar-refractivity contribution in [2.75, 3.05) is 0 Å². The summed E-state index contributed by atoms with van der Waals surface area (Å²) in [5, 5.41) is 11.6. The van der Waals surface area contributed by atoms with Crippen LogP contribution in [0, 0.1) is 17.2 Å². The van der Waals surface area contributed by atoms with Gasteiger partial charge in [-0.2, -0.15) is 5.26 Å². The number of amides is 1. The van der Waals surface area contributed by atoms with E-state index in [1.165, 1.54) is 0 Å². The molecule has 1 rings (SSSR count). The normalized spacial score (nSPS) is 12.0. The molecule has 1 amide bonds. The molecule has 0 aromatic heterocycles. The fourth-order valence-corrected chi connectivity index (χ4v) is 2.55. The van der Waals surface area contributed by atoms with Crippen molar-refractivity contribution in [1.82, 2.24) is 5.32 Å². The van der Waals surface area contributed by atoms with E-state index < -0.39 is 6.04 Å². The summed E-state index contributed by atoms with van der Waals surface area (Å²) in [6, 6.07) is 6.89. The number of rotatable bonds is 3. The topological polar surface area (TPSA) is 52.9 Å². The number of nitrogens with one attached hydrogen (secondary N) is 1. The quantitative estimate of drug-likeness (QED) is 0.897. The number of benzene rings is 1. The monoisotopic (exact) mass is 358 g/mol. The second kappa shape index (κ2) is 6.18. The molecule has 1 aromatic rings. The number of nitrogens with zero attached hydrogens (tertiary/aromatic N) is 1. The molecule has 0 radical (unpaired) electrons. The van der Waals surface area contributed by atoms with Crippen LogP contribution in [0.2, 0.25) is 0 Å². The maximum Gasteiger partial charge on any atom is 0.252 e.